The van der Waals surface area contributed by atoms with Crippen molar-refractivity contribution in [1.82, 2.24) is 10.2 Å². The summed E-state index contributed by atoms with van der Waals surface area (Å²) < 4.78 is 0. The van der Waals surface area contributed by atoms with E-state index in [1.54, 1.807) is 4.90 Å². The number of benzene rings is 2. The SMILES string of the molecule is O=CN1CCC[C@H]1C(=O)NC(c1ccccc1)c1ccccc1. The predicted octanol–water partition coefficient (Wildman–Crippen LogP) is 2.51. The first-order chi connectivity index (χ1) is 11.3. The fourth-order valence-corrected chi connectivity index (χ4v) is 3.09. The summed E-state index contributed by atoms with van der Waals surface area (Å²) in [5.74, 6) is -0.0905. The molecule has 4 heteroatoms. The van der Waals surface area contributed by atoms with Gasteiger partial charge in [-0.2, -0.15) is 0 Å². The molecule has 1 aliphatic heterocycles. The predicted molar refractivity (Wildman–Crippen MR) is 88.7 cm³/mol. The van der Waals surface area contributed by atoms with Crippen molar-refractivity contribution >= 4 is 12.3 Å². The average molecular weight is 308 g/mol. The topological polar surface area (TPSA) is 49.4 Å². The molecule has 1 N–H and O–H groups in total. The summed E-state index contributed by atoms with van der Waals surface area (Å²) in [4.78, 5) is 25.3. The van der Waals surface area contributed by atoms with E-state index in [1.165, 1.54) is 0 Å². The van der Waals surface area contributed by atoms with Gasteiger partial charge < -0.3 is 10.2 Å². The summed E-state index contributed by atoms with van der Waals surface area (Å²) in [5.41, 5.74) is 2.06. The summed E-state index contributed by atoms with van der Waals surface area (Å²) in [7, 11) is 0. The van der Waals surface area contributed by atoms with E-state index >= 15 is 0 Å². The van der Waals surface area contributed by atoms with Gasteiger partial charge >= 0.3 is 0 Å². The molecule has 0 spiro atoms. The van der Waals surface area contributed by atoms with Crippen LogP contribution in [0.1, 0.15) is 30.0 Å². The highest BCUT2D eigenvalue weighted by atomic mass is 16.2. The molecule has 4 nitrogen and oxygen atoms in total. The third-order valence-electron chi connectivity index (χ3n) is 4.28. The number of hydrogen-bond acceptors (Lipinski definition) is 2. The number of carbonyl (C=O) groups excluding carboxylic acids is 2. The maximum absolute atomic E-state index is 12.7. The number of carbonyl (C=O) groups is 2. The minimum atomic E-state index is -0.359. The molecule has 23 heavy (non-hydrogen) atoms. The number of nitrogens with zero attached hydrogens (tertiary/aromatic N) is 1. The van der Waals surface area contributed by atoms with Crippen molar-refractivity contribution in [1.29, 1.82) is 0 Å². The summed E-state index contributed by atoms with van der Waals surface area (Å²) >= 11 is 0. The molecular weight excluding hydrogens is 288 g/mol. The fraction of sp³-hybridized carbons (Fsp3) is 0.263. The zero-order chi connectivity index (χ0) is 16.1. The second kappa shape index (κ2) is 7.09. The van der Waals surface area contributed by atoms with Gasteiger partial charge in [-0.3, -0.25) is 9.59 Å². The number of hydrogen-bond donors (Lipinski definition) is 1. The van der Waals surface area contributed by atoms with E-state index in [0.717, 1.165) is 30.4 Å². The van der Waals surface area contributed by atoms with Crippen LogP contribution in [0, 0.1) is 0 Å². The average Bonchev–Trinajstić information content (AvgIpc) is 3.10. The monoisotopic (exact) mass is 308 g/mol. The molecule has 2 amide bonds. The standard InChI is InChI=1S/C19H20N2O2/c22-14-21-13-7-12-17(21)19(23)20-18(15-8-3-1-4-9-15)16-10-5-2-6-11-16/h1-6,8-11,14,17-18H,7,12-13H2,(H,20,23)/t17-/m0/s1. The molecule has 0 aromatic heterocycles. The lowest BCUT2D eigenvalue weighted by Crippen LogP contribution is -2.44. The van der Waals surface area contributed by atoms with Crippen molar-refractivity contribution in [2.24, 2.45) is 0 Å². The molecule has 3 rings (SSSR count). The van der Waals surface area contributed by atoms with Crippen LogP contribution in [0.15, 0.2) is 60.7 Å². The molecule has 1 aliphatic rings. The molecule has 2 aromatic carbocycles. The second-order valence-corrected chi connectivity index (χ2v) is 5.76. The lowest BCUT2D eigenvalue weighted by Gasteiger charge is -2.24. The summed E-state index contributed by atoms with van der Waals surface area (Å²) in [6.45, 7) is 0.656. The molecule has 0 unspecified atom stereocenters. The van der Waals surface area contributed by atoms with Crippen LogP contribution in [0.5, 0.6) is 0 Å². The van der Waals surface area contributed by atoms with Gasteiger partial charge in [-0.15, -0.1) is 0 Å². The largest absolute Gasteiger partial charge is 0.343 e. The Bertz CT molecular complexity index is 618. The maximum atomic E-state index is 12.7. The van der Waals surface area contributed by atoms with Crippen LogP contribution in [-0.4, -0.2) is 29.8 Å². The van der Waals surface area contributed by atoms with Crippen LogP contribution in [0.25, 0.3) is 0 Å². The third kappa shape index (κ3) is 3.42. The first-order valence-corrected chi connectivity index (χ1v) is 7.91. The minimum Gasteiger partial charge on any atom is -0.343 e. The van der Waals surface area contributed by atoms with E-state index in [-0.39, 0.29) is 18.0 Å². The van der Waals surface area contributed by atoms with Gasteiger partial charge in [0.25, 0.3) is 0 Å². The molecule has 0 aliphatic carbocycles. The maximum Gasteiger partial charge on any atom is 0.243 e. The van der Waals surface area contributed by atoms with Crippen LogP contribution in [0.4, 0.5) is 0 Å². The molecule has 2 aromatic rings. The van der Waals surface area contributed by atoms with Crippen molar-refractivity contribution in [3.8, 4) is 0 Å². The summed E-state index contributed by atoms with van der Waals surface area (Å²) in [6.07, 6.45) is 2.37. The van der Waals surface area contributed by atoms with Gasteiger partial charge in [0.05, 0.1) is 6.04 Å². The normalized spacial score (nSPS) is 17.3. The Morgan fingerprint density at radius 1 is 1.04 bits per heavy atom. The minimum absolute atomic E-state index is 0.0905. The molecule has 1 saturated heterocycles. The Morgan fingerprint density at radius 3 is 2.13 bits per heavy atom. The zero-order valence-electron chi connectivity index (χ0n) is 12.9. The first-order valence-electron chi connectivity index (χ1n) is 7.91. The fourth-order valence-electron chi connectivity index (χ4n) is 3.09. The van der Waals surface area contributed by atoms with Gasteiger partial charge in [-0.1, -0.05) is 60.7 Å². The molecule has 0 bridgehead atoms. The lowest BCUT2D eigenvalue weighted by atomic mass is 9.98. The van der Waals surface area contributed by atoms with Crippen LogP contribution in [0.2, 0.25) is 0 Å². The Morgan fingerprint density at radius 2 is 1.61 bits per heavy atom. The summed E-state index contributed by atoms with van der Waals surface area (Å²) in [6, 6.07) is 19.2. The molecule has 1 heterocycles. The number of rotatable bonds is 5. The number of nitrogens with one attached hydrogen (secondary N) is 1. The van der Waals surface area contributed by atoms with E-state index in [0.29, 0.717) is 6.54 Å². The van der Waals surface area contributed by atoms with E-state index in [4.69, 9.17) is 0 Å². The van der Waals surface area contributed by atoms with Crippen molar-refractivity contribution in [3.63, 3.8) is 0 Å². The van der Waals surface area contributed by atoms with Crippen molar-refractivity contribution in [2.75, 3.05) is 6.54 Å². The van der Waals surface area contributed by atoms with Gasteiger partial charge in [0.1, 0.15) is 6.04 Å². The van der Waals surface area contributed by atoms with Crippen LogP contribution in [0.3, 0.4) is 0 Å². The van der Waals surface area contributed by atoms with Crippen LogP contribution >= 0.6 is 0 Å². The van der Waals surface area contributed by atoms with Gasteiger partial charge in [0, 0.05) is 6.54 Å². The molecular formula is C19H20N2O2. The summed E-state index contributed by atoms with van der Waals surface area (Å²) in [5, 5.41) is 3.12. The number of amides is 2. The van der Waals surface area contributed by atoms with E-state index in [1.807, 2.05) is 60.7 Å². The first kappa shape index (κ1) is 15.3. The molecule has 0 saturated carbocycles. The second-order valence-electron chi connectivity index (χ2n) is 5.76. The lowest BCUT2D eigenvalue weighted by molar-refractivity contribution is -0.131. The van der Waals surface area contributed by atoms with Crippen LogP contribution < -0.4 is 5.32 Å². The van der Waals surface area contributed by atoms with E-state index in [9.17, 15) is 9.59 Å². The van der Waals surface area contributed by atoms with Gasteiger partial charge in [0.2, 0.25) is 12.3 Å². The molecule has 0 radical (unpaired) electrons. The smallest absolute Gasteiger partial charge is 0.243 e. The highest BCUT2D eigenvalue weighted by Gasteiger charge is 2.31. The van der Waals surface area contributed by atoms with Gasteiger partial charge in [-0.25, -0.2) is 0 Å². The van der Waals surface area contributed by atoms with E-state index in [2.05, 4.69) is 5.32 Å². The Kier molecular flexibility index (Phi) is 4.71. The Labute approximate surface area is 136 Å². The molecule has 118 valence electrons. The van der Waals surface area contributed by atoms with Crippen molar-refractivity contribution < 1.29 is 9.59 Å². The van der Waals surface area contributed by atoms with Gasteiger partial charge in [-0.05, 0) is 24.0 Å². The highest BCUT2D eigenvalue weighted by molar-refractivity contribution is 5.84. The van der Waals surface area contributed by atoms with Crippen LogP contribution in [-0.2, 0) is 9.59 Å². The molecule has 1 atom stereocenters. The van der Waals surface area contributed by atoms with Crippen molar-refractivity contribution in [3.05, 3.63) is 71.8 Å². The Hall–Kier alpha value is -2.62. The Balaban J connectivity index is 1.85. The van der Waals surface area contributed by atoms with Crippen molar-refractivity contribution in [2.45, 2.75) is 24.9 Å². The number of likely N-dealkylation sites (tertiary alicyclic amines) is 1. The third-order valence-corrected chi connectivity index (χ3v) is 4.28. The highest BCUT2D eigenvalue weighted by Crippen LogP contribution is 2.23. The van der Waals surface area contributed by atoms with Gasteiger partial charge in [0.15, 0.2) is 0 Å². The quantitative estimate of drug-likeness (QED) is 0.863. The van der Waals surface area contributed by atoms with E-state index < -0.39 is 0 Å². The zero-order valence-corrected chi connectivity index (χ0v) is 12.9. The molecule has 1 fully saturated rings.